The van der Waals surface area contributed by atoms with Gasteiger partial charge in [-0.1, -0.05) is 23.7 Å². The zero-order valence-electron chi connectivity index (χ0n) is 18.1. The van der Waals surface area contributed by atoms with Crippen molar-refractivity contribution in [3.63, 3.8) is 0 Å². The van der Waals surface area contributed by atoms with Crippen LogP contribution in [0.15, 0.2) is 60.7 Å². The van der Waals surface area contributed by atoms with Gasteiger partial charge in [0.1, 0.15) is 18.6 Å². The summed E-state index contributed by atoms with van der Waals surface area (Å²) >= 11 is 6.16. The molecule has 7 heteroatoms. The molecule has 0 aliphatic carbocycles. The number of aliphatic hydroxyl groups excluding tert-OH is 1. The first-order valence-electron chi connectivity index (χ1n) is 10.4. The Bertz CT molecular complexity index is 1060. The molecule has 32 heavy (non-hydrogen) atoms. The van der Waals surface area contributed by atoms with E-state index in [2.05, 4.69) is 0 Å². The van der Waals surface area contributed by atoms with Gasteiger partial charge < -0.3 is 30.0 Å². The normalized spacial score (nSPS) is 17.6. The number of ether oxygens (including phenoxy) is 3. The largest absolute Gasteiger partial charge is 0.497 e. The number of hydrogen-bond acceptors (Lipinski definition) is 6. The topological polar surface area (TPSA) is 77.2 Å². The van der Waals surface area contributed by atoms with Gasteiger partial charge in [-0.3, -0.25) is 0 Å². The molecule has 0 radical (unpaired) electrons. The fourth-order valence-corrected chi connectivity index (χ4v) is 4.29. The molecule has 4 rings (SSSR count). The highest BCUT2D eigenvalue weighted by atomic mass is 35.5. The van der Waals surface area contributed by atoms with Crippen LogP contribution < -0.4 is 24.8 Å². The van der Waals surface area contributed by atoms with Crippen LogP contribution in [0, 0.1) is 0 Å². The minimum absolute atomic E-state index is 0.253. The third-order valence-corrected chi connectivity index (χ3v) is 5.91. The van der Waals surface area contributed by atoms with Crippen LogP contribution in [-0.4, -0.2) is 38.7 Å². The Hall–Kier alpha value is -2.93. The minimum atomic E-state index is -0.743. The Morgan fingerprint density at radius 1 is 1.00 bits per heavy atom. The fourth-order valence-electron chi connectivity index (χ4n) is 4.17. The van der Waals surface area contributed by atoms with Crippen molar-refractivity contribution in [2.24, 2.45) is 5.73 Å². The molecule has 0 aromatic heterocycles. The van der Waals surface area contributed by atoms with Crippen LogP contribution in [0.4, 0.5) is 5.69 Å². The first kappa shape index (κ1) is 22.3. The Morgan fingerprint density at radius 2 is 1.72 bits per heavy atom. The minimum Gasteiger partial charge on any atom is -0.497 e. The van der Waals surface area contributed by atoms with Crippen molar-refractivity contribution in [3.8, 4) is 17.2 Å². The molecule has 6 nitrogen and oxygen atoms in total. The zero-order chi connectivity index (χ0) is 22.7. The van der Waals surface area contributed by atoms with Gasteiger partial charge in [-0.25, -0.2) is 0 Å². The standard InChI is InChI=1S/C25H27ClN2O4/c1-30-20-9-7-19(8-10-20)28-24(29)14-17-13-23(32-12-11-27)22(31-2)15-21(17)25(28)16-3-5-18(26)6-4-16/h3-10,13,15,24-25,29H,11-12,14,27H2,1-2H3. The molecular formula is C25H27ClN2O4. The second kappa shape index (κ2) is 9.69. The molecule has 3 aromatic rings. The predicted molar refractivity (Wildman–Crippen MR) is 126 cm³/mol. The summed E-state index contributed by atoms with van der Waals surface area (Å²) in [5.41, 5.74) is 9.52. The lowest BCUT2D eigenvalue weighted by molar-refractivity contribution is 0.153. The number of methoxy groups -OCH3 is 2. The monoisotopic (exact) mass is 454 g/mol. The van der Waals surface area contributed by atoms with E-state index in [0.717, 1.165) is 28.1 Å². The maximum Gasteiger partial charge on any atom is 0.161 e. The smallest absolute Gasteiger partial charge is 0.161 e. The average Bonchev–Trinajstić information content (AvgIpc) is 2.82. The highest BCUT2D eigenvalue weighted by molar-refractivity contribution is 6.30. The second-order valence-corrected chi connectivity index (χ2v) is 8.02. The lowest BCUT2D eigenvalue weighted by Gasteiger charge is -2.43. The molecule has 0 saturated heterocycles. The van der Waals surface area contributed by atoms with Crippen LogP contribution in [-0.2, 0) is 6.42 Å². The molecule has 1 aliphatic rings. The summed E-state index contributed by atoms with van der Waals surface area (Å²) in [6.07, 6.45) is -0.304. The Labute approximate surface area is 193 Å². The van der Waals surface area contributed by atoms with Gasteiger partial charge in [0.15, 0.2) is 11.5 Å². The van der Waals surface area contributed by atoms with E-state index < -0.39 is 6.23 Å². The summed E-state index contributed by atoms with van der Waals surface area (Å²) in [5, 5.41) is 11.9. The van der Waals surface area contributed by atoms with Crippen molar-refractivity contribution in [1.82, 2.24) is 0 Å². The van der Waals surface area contributed by atoms with E-state index in [1.165, 1.54) is 0 Å². The molecule has 0 fully saturated rings. The number of halogens is 1. The maximum atomic E-state index is 11.3. The van der Waals surface area contributed by atoms with Gasteiger partial charge in [0, 0.05) is 23.7 Å². The van der Waals surface area contributed by atoms with E-state index in [-0.39, 0.29) is 6.04 Å². The van der Waals surface area contributed by atoms with Crippen molar-refractivity contribution in [2.75, 3.05) is 32.3 Å². The molecule has 0 spiro atoms. The molecule has 2 atom stereocenters. The zero-order valence-corrected chi connectivity index (χ0v) is 18.9. The van der Waals surface area contributed by atoms with Gasteiger partial charge >= 0.3 is 0 Å². The predicted octanol–water partition coefficient (Wildman–Crippen LogP) is 4.17. The quantitative estimate of drug-likeness (QED) is 0.558. The van der Waals surface area contributed by atoms with Gasteiger partial charge in [-0.05, 0) is 65.2 Å². The molecule has 1 aliphatic heterocycles. The van der Waals surface area contributed by atoms with Crippen LogP contribution >= 0.6 is 11.6 Å². The van der Waals surface area contributed by atoms with Crippen molar-refractivity contribution < 1.29 is 19.3 Å². The Morgan fingerprint density at radius 3 is 2.34 bits per heavy atom. The molecule has 3 N–H and O–H groups in total. The maximum absolute atomic E-state index is 11.3. The van der Waals surface area contributed by atoms with Gasteiger partial charge in [0.25, 0.3) is 0 Å². The van der Waals surface area contributed by atoms with Crippen LogP contribution in [0.1, 0.15) is 22.7 Å². The number of aliphatic hydroxyl groups is 1. The number of nitrogens with zero attached hydrogens (tertiary/aromatic N) is 1. The molecule has 0 bridgehead atoms. The van der Waals surface area contributed by atoms with E-state index >= 15 is 0 Å². The molecule has 168 valence electrons. The van der Waals surface area contributed by atoms with Gasteiger partial charge in [0.2, 0.25) is 0 Å². The molecule has 0 amide bonds. The molecule has 0 saturated carbocycles. The summed E-state index contributed by atoms with van der Waals surface area (Å²) in [7, 11) is 3.25. The van der Waals surface area contributed by atoms with E-state index in [0.29, 0.717) is 36.1 Å². The summed E-state index contributed by atoms with van der Waals surface area (Å²) in [6, 6.07) is 19.0. The molecule has 2 unspecified atom stereocenters. The van der Waals surface area contributed by atoms with Crippen molar-refractivity contribution in [2.45, 2.75) is 18.7 Å². The number of hydrogen-bond donors (Lipinski definition) is 2. The number of fused-ring (bicyclic) bond motifs is 1. The van der Waals surface area contributed by atoms with Crippen LogP contribution in [0.3, 0.4) is 0 Å². The Balaban J connectivity index is 1.86. The second-order valence-electron chi connectivity index (χ2n) is 7.58. The average molecular weight is 455 g/mol. The summed E-state index contributed by atoms with van der Waals surface area (Å²) in [4.78, 5) is 2.00. The SMILES string of the molecule is COc1ccc(N2C(O)Cc3cc(OCCN)c(OC)cc3C2c2ccc(Cl)cc2)cc1. The van der Waals surface area contributed by atoms with Crippen molar-refractivity contribution >= 4 is 17.3 Å². The highest BCUT2D eigenvalue weighted by Crippen LogP contribution is 2.44. The number of rotatable bonds is 7. The van der Waals surface area contributed by atoms with Crippen LogP contribution in [0.2, 0.25) is 5.02 Å². The third kappa shape index (κ3) is 4.35. The third-order valence-electron chi connectivity index (χ3n) is 5.65. The molecular weight excluding hydrogens is 428 g/mol. The summed E-state index contributed by atoms with van der Waals surface area (Å²) in [5.74, 6) is 2.01. The lowest BCUT2D eigenvalue weighted by atomic mass is 9.86. The number of nitrogens with two attached hydrogens (primary N) is 1. The van der Waals surface area contributed by atoms with E-state index in [1.807, 2.05) is 65.6 Å². The van der Waals surface area contributed by atoms with Gasteiger partial charge in [-0.2, -0.15) is 0 Å². The first-order valence-corrected chi connectivity index (χ1v) is 10.8. The van der Waals surface area contributed by atoms with Crippen molar-refractivity contribution in [3.05, 3.63) is 82.4 Å². The first-order chi connectivity index (χ1) is 15.5. The van der Waals surface area contributed by atoms with E-state index in [4.69, 9.17) is 31.5 Å². The van der Waals surface area contributed by atoms with Gasteiger partial charge in [-0.15, -0.1) is 0 Å². The lowest BCUT2D eigenvalue weighted by Crippen LogP contribution is -2.44. The van der Waals surface area contributed by atoms with Gasteiger partial charge in [0.05, 0.1) is 20.3 Å². The van der Waals surface area contributed by atoms with E-state index in [1.54, 1.807) is 14.2 Å². The molecule has 1 heterocycles. The van der Waals surface area contributed by atoms with Crippen LogP contribution in [0.25, 0.3) is 0 Å². The Kier molecular flexibility index (Phi) is 6.74. The highest BCUT2D eigenvalue weighted by Gasteiger charge is 2.36. The molecule has 3 aromatic carbocycles. The summed E-state index contributed by atoms with van der Waals surface area (Å²) in [6.45, 7) is 0.789. The van der Waals surface area contributed by atoms with Crippen molar-refractivity contribution in [1.29, 1.82) is 0 Å². The number of benzene rings is 3. The number of anilines is 1. The van der Waals surface area contributed by atoms with Crippen LogP contribution in [0.5, 0.6) is 17.2 Å². The fraction of sp³-hybridized carbons (Fsp3) is 0.280. The summed E-state index contributed by atoms with van der Waals surface area (Å²) < 4.78 is 16.7. The van der Waals surface area contributed by atoms with E-state index in [9.17, 15) is 5.11 Å².